The van der Waals surface area contributed by atoms with Crippen molar-refractivity contribution in [1.82, 2.24) is 15.0 Å². The number of hydrogen-bond donors (Lipinski definition) is 1. The second kappa shape index (κ2) is 5.34. The summed E-state index contributed by atoms with van der Waals surface area (Å²) in [5, 5.41) is 4.05. The Labute approximate surface area is 118 Å². The minimum absolute atomic E-state index is 0.224. The number of rotatable bonds is 4. The summed E-state index contributed by atoms with van der Waals surface area (Å²) in [6.45, 7) is 5.69. The lowest BCUT2D eigenvalue weighted by Crippen LogP contribution is -2.31. The molecule has 2 N–H and O–H groups in total. The molecule has 0 bridgehead atoms. The van der Waals surface area contributed by atoms with Crippen LogP contribution in [0.2, 0.25) is 0 Å². The van der Waals surface area contributed by atoms with Gasteiger partial charge in [0.25, 0.3) is 0 Å². The summed E-state index contributed by atoms with van der Waals surface area (Å²) in [7, 11) is 0. The van der Waals surface area contributed by atoms with Crippen LogP contribution in [0.1, 0.15) is 19.2 Å². The van der Waals surface area contributed by atoms with Crippen LogP contribution >= 0.6 is 0 Å². The van der Waals surface area contributed by atoms with Crippen molar-refractivity contribution in [3.05, 3.63) is 36.2 Å². The zero-order valence-corrected chi connectivity index (χ0v) is 11.7. The summed E-state index contributed by atoms with van der Waals surface area (Å²) in [5.41, 5.74) is 7.03. The summed E-state index contributed by atoms with van der Waals surface area (Å²) in [5.74, 6) is 1.33. The van der Waals surface area contributed by atoms with Crippen molar-refractivity contribution in [2.45, 2.75) is 19.9 Å². The van der Waals surface area contributed by atoms with E-state index in [1.54, 1.807) is 0 Å². The molecule has 0 spiro atoms. The lowest BCUT2D eigenvalue weighted by molar-refractivity contribution is 0.239. The van der Waals surface area contributed by atoms with E-state index in [-0.39, 0.29) is 5.41 Å². The van der Waals surface area contributed by atoms with Crippen molar-refractivity contribution < 1.29 is 4.52 Å². The SMILES string of the molecule is CC1(CN)CCN(Cc2nc(-c3ccccc3)no2)C1. The van der Waals surface area contributed by atoms with E-state index in [4.69, 9.17) is 10.3 Å². The van der Waals surface area contributed by atoms with Crippen molar-refractivity contribution in [3.63, 3.8) is 0 Å². The first-order valence-electron chi connectivity index (χ1n) is 6.99. The van der Waals surface area contributed by atoms with Crippen LogP contribution in [0.3, 0.4) is 0 Å². The molecule has 2 heterocycles. The van der Waals surface area contributed by atoms with Gasteiger partial charge in [-0.3, -0.25) is 4.90 Å². The van der Waals surface area contributed by atoms with E-state index in [1.165, 1.54) is 0 Å². The van der Waals surface area contributed by atoms with Crippen molar-refractivity contribution in [1.29, 1.82) is 0 Å². The van der Waals surface area contributed by atoms with Gasteiger partial charge in [0.2, 0.25) is 11.7 Å². The van der Waals surface area contributed by atoms with Gasteiger partial charge in [0, 0.05) is 12.1 Å². The first-order chi connectivity index (χ1) is 9.68. The second-order valence-electron chi connectivity index (χ2n) is 5.85. The van der Waals surface area contributed by atoms with Crippen molar-refractivity contribution in [3.8, 4) is 11.4 Å². The Balaban J connectivity index is 1.67. The molecule has 0 saturated carbocycles. The molecule has 20 heavy (non-hydrogen) atoms. The van der Waals surface area contributed by atoms with Gasteiger partial charge in [-0.05, 0) is 24.9 Å². The topological polar surface area (TPSA) is 68.2 Å². The zero-order valence-electron chi connectivity index (χ0n) is 11.7. The summed E-state index contributed by atoms with van der Waals surface area (Å²) < 4.78 is 5.35. The molecule has 1 aliphatic heterocycles. The predicted octanol–water partition coefficient (Wildman–Crippen LogP) is 1.91. The molecule has 1 aliphatic rings. The number of nitrogens with two attached hydrogens (primary N) is 1. The first kappa shape index (κ1) is 13.3. The van der Waals surface area contributed by atoms with Gasteiger partial charge >= 0.3 is 0 Å². The van der Waals surface area contributed by atoms with E-state index in [0.717, 1.165) is 31.6 Å². The molecule has 106 valence electrons. The third-order valence-electron chi connectivity index (χ3n) is 3.99. The Morgan fingerprint density at radius 2 is 2.15 bits per heavy atom. The fourth-order valence-electron chi connectivity index (χ4n) is 2.64. The Morgan fingerprint density at radius 3 is 2.85 bits per heavy atom. The molecular weight excluding hydrogens is 252 g/mol. The van der Waals surface area contributed by atoms with Crippen molar-refractivity contribution in [2.75, 3.05) is 19.6 Å². The molecule has 0 radical (unpaired) electrons. The van der Waals surface area contributed by atoms with Crippen LogP contribution in [0.4, 0.5) is 0 Å². The monoisotopic (exact) mass is 272 g/mol. The van der Waals surface area contributed by atoms with Gasteiger partial charge in [-0.2, -0.15) is 4.98 Å². The second-order valence-corrected chi connectivity index (χ2v) is 5.85. The lowest BCUT2D eigenvalue weighted by Gasteiger charge is -2.21. The molecule has 1 saturated heterocycles. The molecule has 0 aliphatic carbocycles. The Kier molecular flexibility index (Phi) is 3.54. The summed E-state index contributed by atoms with van der Waals surface area (Å²) in [6, 6.07) is 9.88. The van der Waals surface area contributed by atoms with Crippen LogP contribution < -0.4 is 5.73 Å². The predicted molar refractivity (Wildman–Crippen MR) is 76.8 cm³/mol. The summed E-state index contributed by atoms with van der Waals surface area (Å²) in [4.78, 5) is 6.80. The minimum atomic E-state index is 0.224. The summed E-state index contributed by atoms with van der Waals surface area (Å²) >= 11 is 0. The minimum Gasteiger partial charge on any atom is -0.338 e. The molecule has 1 fully saturated rings. The highest BCUT2D eigenvalue weighted by atomic mass is 16.5. The molecule has 1 aromatic carbocycles. The largest absolute Gasteiger partial charge is 0.338 e. The van der Waals surface area contributed by atoms with E-state index < -0.39 is 0 Å². The maximum Gasteiger partial charge on any atom is 0.241 e. The van der Waals surface area contributed by atoms with Crippen LogP contribution in [0.25, 0.3) is 11.4 Å². The van der Waals surface area contributed by atoms with Crippen molar-refractivity contribution >= 4 is 0 Å². The van der Waals surface area contributed by atoms with Gasteiger partial charge in [0.1, 0.15) is 0 Å². The van der Waals surface area contributed by atoms with Crippen LogP contribution in [0.5, 0.6) is 0 Å². The van der Waals surface area contributed by atoms with Gasteiger partial charge in [-0.25, -0.2) is 0 Å². The standard InChI is InChI=1S/C15H20N4O/c1-15(10-16)7-8-19(11-15)9-13-17-14(18-20-13)12-5-3-2-4-6-12/h2-6H,7-11,16H2,1H3. The fourth-order valence-corrected chi connectivity index (χ4v) is 2.64. The van der Waals surface area contributed by atoms with E-state index in [2.05, 4.69) is 22.0 Å². The molecule has 1 aromatic heterocycles. The molecule has 5 heteroatoms. The average molecular weight is 272 g/mol. The lowest BCUT2D eigenvalue weighted by atomic mass is 9.90. The van der Waals surface area contributed by atoms with Crippen LogP contribution in [0.15, 0.2) is 34.9 Å². The average Bonchev–Trinajstić information content (AvgIpc) is 3.08. The van der Waals surface area contributed by atoms with E-state index >= 15 is 0 Å². The van der Waals surface area contributed by atoms with Crippen molar-refractivity contribution in [2.24, 2.45) is 11.1 Å². The van der Waals surface area contributed by atoms with Crippen LogP contribution in [0, 0.1) is 5.41 Å². The maximum absolute atomic E-state index is 5.83. The normalized spacial score (nSPS) is 23.3. The number of hydrogen-bond acceptors (Lipinski definition) is 5. The maximum atomic E-state index is 5.83. The Hall–Kier alpha value is -1.72. The van der Waals surface area contributed by atoms with Gasteiger partial charge in [0.15, 0.2) is 0 Å². The van der Waals surface area contributed by atoms with Gasteiger partial charge in [0.05, 0.1) is 6.54 Å². The smallest absolute Gasteiger partial charge is 0.241 e. The van der Waals surface area contributed by atoms with E-state index in [9.17, 15) is 0 Å². The molecule has 2 aromatic rings. The van der Waals surface area contributed by atoms with Gasteiger partial charge in [-0.15, -0.1) is 0 Å². The molecule has 5 nitrogen and oxygen atoms in total. The zero-order chi connectivity index (χ0) is 14.0. The molecule has 1 unspecified atom stereocenters. The molecule has 1 atom stereocenters. The van der Waals surface area contributed by atoms with Gasteiger partial charge in [-0.1, -0.05) is 42.4 Å². The number of likely N-dealkylation sites (tertiary alicyclic amines) is 1. The number of benzene rings is 1. The van der Waals surface area contributed by atoms with E-state index in [0.29, 0.717) is 18.3 Å². The highest BCUT2D eigenvalue weighted by Gasteiger charge is 2.33. The van der Waals surface area contributed by atoms with E-state index in [1.807, 2.05) is 30.3 Å². The highest BCUT2D eigenvalue weighted by Crippen LogP contribution is 2.29. The number of aromatic nitrogens is 2. The Bertz CT molecular complexity index is 568. The third-order valence-corrected chi connectivity index (χ3v) is 3.99. The van der Waals surface area contributed by atoms with Crippen LogP contribution in [-0.4, -0.2) is 34.7 Å². The Morgan fingerprint density at radius 1 is 1.35 bits per heavy atom. The first-order valence-corrected chi connectivity index (χ1v) is 6.99. The van der Waals surface area contributed by atoms with Crippen LogP contribution in [-0.2, 0) is 6.54 Å². The quantitative estimate of drug-likeness (QED) is 0.920. The number of nitrogens with zero attached hydrogens (tertiary/aromatic N) is 3. The molecular formula is C15H20N4O. The van der Waals surface area contributed by atoms with Gasteiger partial charge < -0.3 is 10.3 Å². The fraction of sp³-hybridized carbons (Fsp3) is 0.467. The summed E-state index contributed by atoms with van der Waals surface area (Å²) in [6.07, 6.45) is 1.13. The highest BCUT2D eigenvalue weighted by molar-refractivity contribution is 5.53. The molecule has 0 amide bonds. The third kappa shape index (κ3) is 2.73. The molecule has 3 rings (SSSR count).